The van der Waals surface area contributed by atoms with Crippen molar-refractivity contribution in [3.8, 4) is 0 Å². The van der Waals surface area contributed by atoms with Crippen molar-refractivity contribution in [1.29, 1.82) is 0 Å². The standard InChI is InChI=1S/C11H18N4O3/c1-7-9(6-13-15-7)4-3-5-12-11(18)14-8(2)10(16)17/h6,8H,3-5H2,1-2H3,(H,13,15)(H,16,17)(H2,12,14,18)/t8-/m0/s1. The van der Waals surface area contributed by atoms with Crippen molar-refractivity contribution >= 4 is 12.0 Å². The molecule has 2 amide bonds. The Labute approximate surface area is 105 Å². The van der Waals surface area contributed by atoms with Crippen molar-refractivity contribution in [1.82, 2.24) is 20.8 Å². The van der Waals surface area contributed by atoms with Crippen LogP contribution in [0.2, 0.25) is 0 Å². The van der Waals surface area contributed by atoms with E-state index in [0.29, 0.717) is 6.54 Å². The maximum Gasteiger partial charge on any atom is 0.325 e. The second kappa shape index (κ2) is 6.63. The van der Waals surface area contributed by atoms with Gasteiger partial charge in [0.05, 0.1) is 6.20 Å². The predicted molar refractivity (Wildman–Crippen MR) is 65.3 cm³/mol. The predicted octanol–water partition coefficient (Wildman–Crippen LogP) is 0.423. The van der Waals surface area contributed by atoms with E-state index in [1.807, 2.05) is 6.92 Å². The van der Waals surface area contributed by atoms with Gasteiger partial charge in [0, 0.05) is 12.2 Å². The Morgan fingerprint density at radius 2 is 2.28 bits per heavy atom. The van der Waals surface area contributed by atoms with Crippen LogP contribution in [-0.4, -0.2) is 39.9 Å². The minimum absolute atomic E-state index is 0.464. The molecule has 0 radical (unpaired) electrons. The Balaban J connectivity index is 2.16. The second-order valence-corrected chi connectivity index (χ2v) is 4.08. The summed E-state index contributed by atoms with van der Waals surface area (Å²) in [5.41, 5.74) is 2.15. The fraction of sp³-hybridized carbons (Fsp3) is 0.545. The van der Waals surface area contributed by atoms with Crippen molar-refractivity contribution < 1.29 is 14.7 Å². The van der Waals surface area contributed by atoms with Gasteiger partial charge in [-0.25, -0.2) is 4.79 Å². The molecule has 0 unspecified atom stereocenters. The fourth-order valence-corrected chi connectivity index (χ4v) is 1.42. The molecule has 0 aliphatic carbocycles. The summed E-state index contributed by atoms with van der Waals surface area (Å²) in [6.45, 7) is 3.84. The lowest BCUT2D eigenvalue weighted by molar-refractivity contribution is -0.138. The molecule has 1 aromatic heterocycles. The van der Waals surface area contributed by atoms with Gasteiger partial charge in [-0.2, -0.15) is 5.10 Å². The number of carboxylic acid groups (broad SMARTS) is 1. The lowest BCUT2D eigenvalue weighted by atomic mass is 10.1. The summed E-state index contributed by atoms with van der Waals surface area (Å²) in [4.78, 5) is 21.8. The fourth-order valence-electron chi connectivity index (χ4n) is 1.42. The zero-order chi connectivity index (χ0) is 13.5. The van der Waals surface area contributed by atoms with Crippen molar-refractivity contribution in [2.24, 2.45) is 0 Å². The number of rotatable bonds is 6. The topological polar surface area (TPSA) is 107 Å². The monoisotopic (exact) mass is 254 g/mol. The molecule has 0 saturated carbocycles. The molecule has 1 atom stereocenters. The van der Waals surface area contributed by atoms with Gasteiger partial charge < -0.3 is 15.7 Å². The Morgan fingerprint density at radius 1 is 1.56 bits per heavy atom. The molecule has 7 nitrogen and oxygen atoms in total. The Bertz CT molecular complexity index is 416. The molecule has 0 bridgehead atoms. The highest BCUT2D eigenvalue weighted by atomic mass is 16.4. The van der Waals surface area contributed by atoms with Crippen molar-refractivity contribution in [2.45, 2.75) is 32.7 Å². The quantitative estimate of drug-likeness (QED) is 0.552. The molecule has 0 aromatic carbocycles. The molecule has 0 saturated heterocycles. The molecular weight excluding hydrogens is 236 g/mol. The molecular formula is C11H18N4O3. The number of aromatic nitrogens is 2. The molecule has 18 heavy (non-hydrogen) atoms. The first kappa shape index (κ1) is 14.0. The van der Waals surface area contributed by atoms with Gasteiger partial charge in [-0.15, -0.1) is 0 Å². The van der Waals surface area contributed by atoms with E-state index >= 15 is 0 Å². The van der Waals surface area contributed by atoms with Crippen LogP contribution in [0.4, 0.5) is 4.79 Å². The molecule has 0 aliphatic rings. The highest BCUT2D eigenvalue weighted by Gasteiger charge is 2.12. The van der Waals surface area contributed by atoms with Crippen LogP contribution < -0.4 is 10.6 Å². The lowest BCUT2D eigenvalue weighted by Gasteiger charge is -2.10. The molecule has 1 heterocycles. The number of aryl methyl sites for hydroxylation is 2. The number of H-pyrrole nitrogens is 1. The average molecular weight is 254 g/mol. The summed E-state index contributed by atoms with van der Waals surface area (Å²) >= 11 is 0. The minimum Gasteiger partial charge on any atom is -0.480 e. The zero-order valence-electron chi connectivity index (χ0n) is 10.5. The van der Waals surface area contributed by atoms with Gasteiger partial charge in [-0.05, 0) is 32.3 Å². The molecule has 0 aliphatic heterocycles. The first-order chi connectivity index (χ1) is 8.50. The maximum absolute atomic E-state index is 11.3. The number of aliphatic carboxylic acids is 1. The van der Waals surface area contributed by atoms with E-state index in [1.165, 1.54) is 6.92 Å². The van der Waals surface area contributed by atoms with Crippen LogP contribution in [-0.2, 0) is 11.2 Å². The van der Waals surface area contributed by atoms with Crippen LogP contribution in [0, 0.1) is 6.92 Å². The van der Waals surface area contributed by atoms with Crippen LogP contribution >= 0.6 is 0 Å². The van der Waals surface area contributed by atoms with Crippen molar-refractivity contribution in [3.05, 3.63) is 17.5 Å². The van der Waals surface area contributed by atoms with E-state index < -0.39 is 18.0 Å². The number of carbonyl (C=O) groups is 2. The molecule has 0 fully saturated rings. The highest BCUT2D eigenvalue weighted by molar-refractivity contribution is 5.82. The molecule has 4 N–H and O–H groups in total. The number of hydrogen-bond donors (Lipinski definition) is 4. The summed E-state index contributed by atoms with van der Waals surface area (Å²) in [7, 11) is 0. The van der Waals surface area contributed by atoms with Crippen LogP contribution in [0.3, 0.4) is 0 Å². The molecule has 1 aromatic rings. The van der Waals surface area contributed by atoms with Crippen molar-refractivity contribution in [3.63, 3.8) is 0 Å². The average Bonchev–Trinajstić information content (AvgIpc) is 2.70. The van der Waals surface area contributed by atoms with Gasteiger partial charge >= 0.3 is 12.0 Å². The number of hydrogen-bond acceptors (Lipinski definition) is 3. The van der Waals surface area contributed by atoms with Crippen LogP contribution in [0.15, 0.2) is 6.20 Å². The smallest absolute Gasteiger partial charge is 0.325 e. The first-order valence-corrected chi connectivity index (χ1v) is 5.76. The Morgan fingerprint density at radius 3 is 2.83 bits per heavy atom. The molecule has 1 rings (SSSR count). The summed E-state index contributed by atoms with van der Waals surface area (Å²) in [6.07, 6.45) is 3.36. The van der Waals surface area contributed by atoms with Gasteiger partial charge in [0.2, 0.25) is 0 Å². The third-order valence-corrected chi connectivity index (χ3v) is 2.56. The number of nitrogens with zero attached hydrogens (tertiary/aromatic N) is 1. The van der Waals surface area contributed by atoms with Crippen molar-refractivity contribution in [2.75, 3.05) is 6.54 Å². The summed E-state index contributed by atoms with van der Waals surface area (Å²) in [5, 5.41) is 20.3. The van der Waals surface area contributed by atoms with E-state index in [-0.39, 0.29) is 0 Å². The van der Waals surface area contributed by atoms with E-state index in [1.54, 1.807) is 6.20 Å². The normalized spacial score (nSPS) is 11.9. The van der Waals surface area contributed by atoms with Gasteiger partial charge in [-0.1, -0.05) is 0 Å². The zero-order valence-corrected chi connectivity index (χ0v) is 10.5. The summed E-state index contributed by atoms with van der Waals surface area (Å²) in [5.74, 6) is -1.06. The summed E-state index contributed by atoms with van der Waals surface area (Å²) < 4.78 is 0. The molecule has 100 valence electrons. The Hall–Kier alpha value is -2.05. The van der Waals surface area contributed by atoms with E-state index in [0.717, 1.165) is 24.1 Å². The highest BCUT2D eigenvalue weighted by Crippen LogP contribution is 2.04. The number of carbonyl (C=O) groups excluding carboxylic acids is 1. The number of carboxylic acids is 1. The van der Waals surface area contributed by atoms with Crippen LogP contribution in [0.5, 0.6) is 0 Å². The lowest BCUT2D eigenvalue weighted by Crippen LogP contribution is -2.44. The number of aromatic amines is 1. The van der Waals surface area contributed by atoms with E-state index in [4.69, 9.17) is 5.11 Å². The van der Waals surface area contributed by atoms with Crippen LogP contribution in [0.1, 0.15) is 24.6 Å². The van der Waals surface area contributed by atoms with E-state index in [2.05, 4.69) is 20.8 Å². The number of amides is 2. The van der Waals surface area contributed by atoms with E-state index in [9.17, 15) is 9.59 Å². The molecule has 0 spiro atoms. The largest absolute Gasteiger partial charge is 0.480 e. The second-order valence-electron chi connectivity index (χ2n) is 4.08. The third kappa shape index (κ3) is 4.44. The van der Waals surface area contributed by atoms with Gasteiger partial charge in [-0.3, -0.25) is 9.89 Å². The number of nitrogens with one attached hydrogen (secondary N) is 3. The molecule has 7 heteroatoms. The maximum atomic E-state index is 11.3. The van der Waals surface area contributed by atoms with Gasteiger partial charge in [0.25, 0.3) is 0 Å². The first-order valence-electron chi connectivity index (χ1n) is 5.76. The minimum atomic E-state index is -1.06. The van der Waals surface area contributed by atoms with Gasteiger partial charge in [0.1, 0.15) is 6.04 Å². The number of urea groups is 1. The third-order valence-electron chi connectivity index (χ3n) is 2.56. The SMILES string of the molecule is Cc1[nH]ncc1CCCNC(=O)N[C@@H](C)C(=O)O. The van der Waals surface area contributed by atoms with Gasteiger partial charge in [0.15, 0.2) is 0 Å². The van der Waals surface area contributed by atoms with Crippen LogP contribution in [0.25, 0.3) is 0 Å². The Kier molecular flexibility index (Phi) is 5.16. The summed E-state index contributed by atoms with van der Waals surface area (Å²) in [6, 6.07) is -1.35.